The molecule has 0 radical (unpaired) electrons. The predicted molar refractivity (Wildman–Crippen MR) is 131 cm³/mol. The zero-order valence-electron chi connectivity index (χ0n) is 17.6. The Labute approximate surface area is 206 Å². The van der Waals surface area contributed by atoms with Crippen molar-refractivity contribution in [1.29, 1.82) is 0 Å². The number of nitrogens with zero attached hydrogens (tertiary/aromatic N) is 2. The summed E-state index contributed by atoms with van der Waals surface area (Å²) in [5.74, 6) is 0.840. The Bertz CT molecular complexity index is 1130. The zero-order valence-corrected chi connectivity index (χ0v) is 19.8. The highest BCUT2D eigenvalue weighted by Crippen LogP contribution is 2.37. The van der Waals surface area contributed by atoms with Gasteiger partial charge in [-0.3, -0.25) is 10.1 Å². The zero-order chi connectivity index (χ0) is 23.8. The minimum atomic E-state index is -0.452. The highest BCUT2D eigenvalue weighted by Gasteiger charge is 2.13. The predicted octanol–water partition coefficient (Wildman–Crippen LogP) is 6.66. The van der Waals surface area contributed by atoms with E-state index in [0.717, 1.165) is 11.1 Å². The van der Waals surface area contributed by atoms with Gasteiger partial charge in [0.15, 0.2) is 11.5 Å². The Kier molecular flexibility index (Phi) is 8.77. The summed E-state index contributed by atoms with van der Waals surface area (Å²) in [7, 11) is 0. The van der Waals surface area contributed by atoms with Crippen LogP contribution < -0.4 is 14.9 Å². The smallest absolute Gasteiger partial charge is 0.269 e. The molecule has 1 N–H and O–H groups in total. The molecular weight excluding hydrogens is 489 g/mol. The number of nitro groups is 1. The van der Waals surface area contributed by atoms with Gasteiger partial charge < -0.3 is 14.9 Å². The molecule has 0 heterocycles. The van der Waals surface area contributed by atoms with Gasteiger partial charge in [0.05, 0.1) is 29.3 Å². The molecule has 3 rings (SSSR count). The van der Waals surface area contributed by atoms with Crippen LogP contribution in [0.2, 0.25) is 15.1 Å². The Balaban J connectivity index is 1.69. The van der Waals surface area contributed by atoms with Crippen LogP contribution in [-0.2, 0) is 13.2 Å². The third-order valence-electron chi connectivity index (χ3n) is 4.48. The number of rotatable bonds is 10. The average Bonchev–Trinajstić information content (AvgIpc) is 2.78. The minimum absolute atomic E-state index is 0.0147. The fraction of sp³-hybridized carbons (Fsp3) is 0.174. The highest BCUT2D eigenvalue weighted by molar-refractivity contribution is 6.36. The van der Waals surface area contributed by atoms with Crippen molar-refractivity contribution in [1.82, 2.24) is 5.43 Å². The number of hydrazone groups is 1. The summed E-state index contributed by atoms with van der Waals surface area (Å²) in [5.41, 5.74) is 5.13. The first-order chi connectivity index (χ1) is 15.9. The van der Waals surface area contributed by atoms with Crippen LogP contribution in [0, 0.1) is 10.1 Å². The molecule has 0 aliphatic rings. The second kappa shape index (κ2) is 11.7. The molecule has 0 atom stereocenters. The molecule has 0 saturated carbocycles. The van der Waals surface area contributed by atoms with Crippen LogP contribution >= 0.6 is 34.8 Å². The van der Waals surface area contributed by atoms with E-state index >= 15 is 0 Å². The third-order valence-corrected chi connectivity index (χ3v) is 5.47. The van der Waals surface area contributed by atoms with Gasteiger partial charge in [-0.2, -0.15) is 5.10 Å². The van der Waals surface area contributed by atoms with Crippen molar-refractivity contribution < 1.29 is 14.4 Å². The second-order valence-electron chi connectivity index (χ2n) is 6.77. The summed E-state index contributed by atoms with van der Waals surface area (Å²) in [5, 5.41) is 16.5. The summed E-state index contributed by atoms with van der Waals surface area (Å²) in [6.45, 7) is 2.79. The SMILES string of the molecule is CCOc1cc(/C=N\NCc2c(Cl)cccc2Cl)cc(Cl)c1OCc1ccc([N+](=O)[O-])cc1. The van der Waals surface area contributed by atoms with Crippen LogP contribution in [0.1, 0.15) is 23.6 Å². The molecule has 0 spiro atoms. The molecule has 33 heavy (non-hydrogen) atoms. The third kappa shape index (κ3) is 6.74. The largest absolute Gasteiger partial charge is 0.490 e. The van der Waals surface area contributed by atoms with Crippen molar-refractivity contribution in [3.8, 4) is 11.5 Å². The Hall–Kier alpha value is -3.00. The number of hydrogen-bond donors (Lipinski definition) is 1. The Morgan fingerprint density at radius 1 is 1.03 bits per heavy atom. The molecule has 10 heteroatoms. The van der Waals surface area contributed by atoms with Crippen molar-refractivity contribution in [2.24, 2.45) is 5.10 Å². The first-order valence-electron chi connectivity index (χ1n) is 9.90. The van der Waals surface area contributed by atoms with Crippen LogP contribution in [0.5, 0.6) is 11.5 Å². The van der Waals surface area contributed by atoms with Gasteiger partial charge in [-0.05, 0) is 54.4 Å². The average molecular weight is 509 g/mol. The lowest BCUT2D eigenvalue weighted by molar-refractivity contribution is -0.384. The van der Waals surface area contributed by atoms with Crippen LogP contribution in [0.3, 0.4) is 0 Å². The van der Waals surface area contributed by atoms with E-state index in [1.165, 1.54) is 12.1 Å². The lowest BCUT2D eigenvalue weighted by Crippen LogP contribution is -2.07. The highest BCUT2D eigenvalue weighted by atomic mass is 35.5. The molecule has 7 nitrogen and oxygen atoms in total. The van der Waals surface area contributed by atoms with Gasteiger partial charge in [-0.1, -0.05) is 40.9 Å². The van der Waals surface area contributed by atoms with Gasteiger partial charge in [-0.15, -0.1) is 0 Å². The first-order valence-corrected chi connectivity index (χ1v) is 11.0. The molecule has 0 saturated heterocycles. The number of hydrogen-bond acceptors (Lipinski definition) is 6. The van der Waals surface area contributed by atoms with Crippen molar-refractivity contribution in [2.45, 2.75) is 20.1 Å². The first kappa shape index (κ1) is 24.6. The number of nitro benzene ring substituents is 1. The molecule has 0 aliphatic heterocycles. The maximum absolute atomic E-state index is 10.8. The number of nitrogens with one attached hydrogen (secondary N) is 1. The quantitative estimate of drug-likeness (QED) is 0.188. The standard InChI is InChI=1S/C23H20Cl3N3O4/c1-2-32-22-11-16(12-27-28-13-18-19(24)4-3-5-20(18)25)10-21(26)23(22)33-14-15-6-8-17(9-7-15)29(30)31/h3-12,28H,2,13-14H2,1H3/b27-12-. The molecule has 3 aromatic carbocycles. The number of benzene rings is 3. The molecular formula is C23H20Cl3N3O4. The van der Waals surface area contributed by atoms with E-state index < -0.39 is 4.92 Å². The van der Waals surface area contributed by atoms with Gasteiger partial charge in [0.2, 0.25) is 0 Å². The fourth-order valence-corrected chi connectivity index (χ4v) is 3.69. The molecule has 0 bridgehead atoms. The minimum Gasteiger partial charge on any atom is -0.490 e. The van der Waals surface area contributed by atoms with Crippen LogP contribution in [0.25, 0.3) is 0 Å². The van der Waals surface area contributed by atoms with E-state index in [2.05, 4.69) is 10.5 Å². The normalized spacial score (nSPS) is 10.9. The lowest BCUT2D eigenvalue weighted by Gasteiger charge is -2.14. The van der Waals surface area contributed by atoms with Gasteiger partial charge >= 0.3 is 0 Å². The van der Waals surface area contributed by atoms with Crippen molar-refractivity contribution in [3.63, 3.8) is 0 Å². The van der Waals surface area contributed by atoms with E-state index in [1.54, 1.807) is 48.7 Å². The van der Waals surface area contributed by atoms with E-state index in [4.69, 9.17) is 44.3 Å². The maximum Gasteiger partial charge on any atom is 0.269 e. The van der Waals surface area contributed by atoms with Gasteiger partial charge in [0, 0.05) is 27.7 Å². The van der Waals surface area contributed by atoms with E-state index in [0.29, 0.717) is 45.3 Å². The van der Waals surface area contributed by atoms with Crippen LogP contribution in [-0.4, -0.2) is 17.7 Å². The van der Waals surface area contributed by atoms with Crippen LogP contribution in [0.15, 0.2) is 59.7 Å². The number of ether oxygens (including phenoxy) is 2. The van der Waals surface area contributed by atoms with E-state index in [-0.39, 0.29) is 12.3 Å². The molecule has 0 aromatic heterocycles. The Morgan fingerprint density at radius 3 is 2.36 bits per heavy atom. The molecule has 172 valence electrons. The molecule has 0 fully saturated rings. The number of non-ortho nitro benzene ring substituents is 1. The molecule has 0 amide bonds. The Morgan fingerprint density at radius 2 is 1.73 bits per heavy atom. The second-order valence-corrected chi connectivity index (χ2v) is 7.99. The maximum atomic E-state index is 10.8. The van der Waals surface area contributed by atoms with Gasteiger partial charge in [-0.25, -0.2) is 0 Å². The van der Waals surface area contributed by atoms with E-state index in [9.17, 15) is 10.1 Å². The van der Waals surface area contributed by atoms with Gasteiger partial charge in [0.1, 0.15) is 6.61 Å². The molecule has 0 aliphatic carbocycles. The summed E-state index contributed by atoms with van der Waals surface area (Å²) in [4.78, 5) is 10.3. The summed E-state index contributed by atoms with van der Waals surface area (Å²) < 4.78 is 11.5. The topological polar surface area (TPSA) is 86.0 Å². The monoisotopic (exact) mass is 507 g/mol. The lowest BCUT2D eigenvalue weighted by atomic mass is 10.2. The number of halogens is 3. The van der Waals surface area contributed by atoms with Crippen molar-refractivity contribution in [2.75, 3.05) is 6.61 Å². The molecule has 3 aromatic rings. The fourth-order valence-electron chi connectivity index (χ4n) is 2.88. The summed E-state index contributed by atoms with van der Waals surface area (Å²) >= 11 is 18.8. The van der Waals surface area contributed by atoms with Gasteiger partial charge in [0.25, 0.3) is 5.69 Å². The summed E-state index contributed by atoms with van der Waals surface area (Å²) in [6, 6.07) is 14.9. The van der Waals surface area contributed by atoms with Crippen molar-refractivity contribution in [3.05, 3.63) is 96.5 Å². The summed E-state index contributed by atoms with van der Waals surface area (Å²) in [6.07, 6.45) is 1.60. The molecule has 0 unspecified atom stereocenters. The van der Waals surface area contributed by atoms with Crippen molar-refractivity contribution >= 4 is 46.7 Å². The van der Waals surface area contributed by atoms with E-state index in [1.807, 2.05) is 6.92 Å². The van der Waals surface area contributed by atoms with Crippen LogP contribution in [0.4, 0.5) is 5.69 Å².